The van der Waals surface area contributed by atoms with Crippen LogP contribution in [0.15, 0.2) is 36.9 Å². The topological polar surface area (TPSA) is 66.8 Å². The van der Waals surface area contributed by atoms with Crippen molar-refractivity contribution in [1.82, 2.24) is 4.90 Å². The van der Waals surface area contributed by atoms with E-state index in [0.717, 1.165) is 12.8 Å². The molecular formula is C16H19NO4. The van der Waals surface area contributed by atoms with Crippen LogP contribution in [0.2, 0.25) is 0 Å². The number of aliphatic carboxylic acids is 1. The summed E-state index contributed by atoms with van der Waals surface area (Å²) in [5.74, 6) is -0.544. The van der Waals surface area contributed by atoms with Gasteiger partial charge in [0.1, 0.15) is 12.4 Å². The Labute approximate surface area is 123 Å². The Morgan fingerprint density at radius 2 is 2.19 bits per heavy atom. The SMILES string of the molecule is C=CCOc1ccccc1C(=O)N1CCCC1CC(=O)O. The van der Waals surface area contributed by atoms with E-state index in [2.05, 4.69) is 6.58 Å². The predicted molar refractivity (Wildman–Crippen MR) is 78.4 cm³/mol. The molecule has 1 amide bonds. The maximum atomic E-state index is 12.6. The van der Waals surface area contributed by atoms with E-state index in [1.807, 2.05) is 0 Å². The summed E-state index contributed by atoms with van der Waals surface area (Å²) in [6, 6.07) is 6.78. The van der Waals surface area contributed by atoms with Crippen LogP contribution in [0.5, 0.6) is 5.75 Å². The van der Waals surface area contributed by atoms with Gasteiger partial charge in [-0.05, 0) is 25.0 Å². The van der Waals surface area contributed by atoms with Gasteiger partial charge in [0.15, 0.2) is 0 Å². The summed E-state index contributed by atoms with van der Waals surface area (Å²) in [5.41, 5.74) is 0.469. The third-order valence-electron chi connectivity index (χ3n) is 3.52. The monoisotopic (exact) mass is 289 g/mol. The minimum Gasteiger partial charge on any atom is -0.489 e. The van der Waals surface area contributed by atoms with E-state index in [0.29, 0.717) is 24.5 Å². The van der Waals surface area contributed by atoms with Crippen LogP contribution in [0.3, 0.4) is 0 Å². The molecule has 2 rings (SSSR count). The Morgan fingerprint density at radius 3 is 2.90 bits per heavy atom. The van der Waals surface area contributed by atoms with E-state index in [-0.39, 0.29) is 18.4 Å². The van der Waals surface area contributed by atoms with Crippen LogP contribution in [0.1, 0.15) is 29.6 Å². The Morgan fingerprint density at radius 1 is 1.43 bits per heavy atom. The molecule has 1 heterocycles. The molecule has 0 radical (unpaired) electrons. The van der Waals surface area contributed by atoms with Crippen molar-refractivity contribution in [3.8, 4) is 5.75 Å². The predicted octanol–water partition coefficient (Wildman–Crippen LogP) is 2.33. The van der Waals surface area contributed by atoms with Gasteiger partial charge >= 0.3 is 5.97 Å². The first-order chi connectivity index (χ1) is 10.1. The molecule has 1 saturated heterocycles. The second-order valence-corrected chi connectivity index (χ2v) is 4.99. The number of para-hydroxylation sites is 1. The fourth-order valence-corrected chi connectivity index (χ4v) is 2.59. The lowest BCUT2D eigenvalue weighted by molar-refractivity contribution is -0.137. The number of ether oxygens (including phenoxy) is 1. The number of hydrogen-bond donors (Lipinski definition) is 1. The van der Waals surface area contributed by atoms with Crippen LogP contribution in [-0.2, 0) is 4.79 Å². The van der Waals surface area contributed by atoms with Crippen molar-refractivity contribution in [2.45, 2.75) is 25.3 Å². The molecule has 0 aliphatic carbocycles. The normalized spacial score (nSPS) is 17.5. The summed E-state index contributed by atoms with van der Waals surface area (Å²) in [6.45, 7) is 4.50. The van der Waals surface area contributed by atoms with Crippen LogP contribution < -0.4 is 4.74 Å². The minimum absolute atomic E-state index is 0.0125. The molecule has 112 valence electrons. The summed E-state index contributed by atoms with van der Waals surface area (Å²) in [7, 11) is 0. The number of amides is 1. The van der Waals surface area contributed by atoms with Crippen molar-refractivity contribution in [3.05, 3.63) is 42.5 Å². The number of carboxylic acids is 1. The molecule has 1 atom stereocenters. The Balaban J connectivity index is 2.19. The number of likely N-dealkylation sites (tertiary alicyclic amines) is 1. The van der Waals surface area contributed by atoms with Crippen molar-refractivity contribution in [2.75, 3.05) is 13.2 Å². The van der Waals surface area contributed by atoms with E-state index >= 15 is 0 Å². The number of benzene rings is 1. The van der Waals surface area contributed by atoms with Gasteiger partial charge in [-0.3, -0.25) is 9.59 Å². The van der Waals surface area contributed by atoms with Crippen LogP contribution in [0.4, 0.5) is 0 Å². The third-order valence-corrected chi connectivity index (χ3v) is 3.52. The molecule has 0 aromatic heterocycles. The summed E-state index contributed by atoms with van der Waals surface area (Å²) in [6.07, 6.45) is 3.17. The number of carbonyl (C=O) groups is 2. The molecule has 1 aliphatic heterocycles. The second-order valence-electron chi connectivity index (χ2n) is 4.99. The zero-order valence-corrected chi connectivity index (χ0v) is 11.8. The molecule has 21 heavy (non-hydrogen) atoms. The lowest BCUT2D eigenvalue weighted by Gasteiger charge is -2.24. The maximum absolute atomic E-state index is 12.6. The van der Waals surface area contributed by atoms with Gasteiger partial charge in [-0.2, -0.15) is 0 Å². The first kappa shape index (κ1) is 15.1. The first-order valence-corrected chi connectivity index (χ1v) is 6.99. The van der Waals surface area contributed by atoms with E-state index in [1.54, 1.807) is 35.2 Å². The molecule has 1 fully saturated rings. The zero-order valence-electron chi connectivity index (χ0n) is 11.8. The molecule has 0 bridgehead atoms. The van der Waals surface area contributed by atoms with Crippen LogP contribution >= 0.6 is 0 Å². The maximum Gasteiger partial charge on any atom is 0.305 e. The highest BCUT2D eigenvalue weighted by Crippen LogP contribution is 2.26. The molecule has 0 saturated carbocycles. The lowest BCUT2D eigenvalue weighted by atomic mass is 10.1. The molecule has 1 unspecified atom stereocenters. The van der Waals surface area contributed by atoms with E-state index in [9.17, 15) is 9.59 Å². The standard InChI is InChI=1S/C16H19NO4/c1-2-10-21-14-8-4-3-7-13(14)16(20)17-9-5-6-12(17)11-15(18)19/h2-4,7-8,12H,1,5-6,9-11H2,(H,18,19). The smallest absolute Gasteiger partial charge is 0.305 e. The largest absolute Gasteiger partial charge is 0.489 e. The van der Waals surface area contributed by atoms with Crippen LogP contribution in [-0.4, -0.2) is 41.1 Å². The first-order valence-electron chi connectivity index (χ1n) is 6.99. The molecule has 5 heteroatoms. The Hall–Kier alpha value is -2.30. The highest BCUT2D eigenvalue weighted by molar-refractivity contribution is 5.97. The second kappa shape index (κ2) is 6.92. The van der Waals surface area contributed by atoms with Crippen molar-refractivity contribution >= 4 is 11.9 Å². The number of carbonyl (C=O) groups excluding carboxylic acids is 1. The van der Waals surface area contributed by atoms with E-state index < -0.39 is 5.97 Å². The molecule has 1 aromatic carbocycles. The number of nitrogens with zero attached hydrogens (tertiary/aromatic N) is 1. The molecule has 0 spiro atoms. The molecule has 1 aliphatic rings. The van der Waals surface area contributed by atoms with Gasteiger partial charge in [0, 0.05) is 12.6 Å². The summed E-state index contributed by atoms with van der Waals surface area (Å²) < 4.78 is 5.50. The van der Waals surface area contributed by atoms with Gasteiger partial charge < -0.3 is 14.7 Å². The Bertz CT molecular complexity index is 541. The highest BCUT2D eigenvalue weighted by Gasteiger charge is 2.32. The Kier molecular flexibility index (Phi) is 4.98. The zero-order chi connectivity index (χ0) is 15.2. The van der Waals surface area contributed by atoms with Gasteiger partial charge in [0.25, 0.3) is 5.91 Å². The van der Waals surface area contributed by atoms with Gasteiger partial charge in [0.2, 0.25) is 0 Å². The van der Waals surface area contributed by atoms with Gasteiger partial charge in [-0.25, -0.2) is 0 Å². The summed E-state index contributed by atoms with van der Waals surface area (Å²) in [5, 5.41) is 8.94. The number of rotatable bonds is 6. The quantitative estimate of drug-likeness (QED) is 0.816. The van der Waals surface area contributed by atoms with Crippen molar-refractivity contribution in [3.63, 3.8) is 0 Å². The molecule has 1 N–H and O–H groups in total. The average molecular weight is 289 g/mol. The fraction of sp³-hybridized carbons (Fsp3) is 0.375. The van der Waals surface area contributed by atoms with Crippen molar-refractivity contribution in [1.29, 1.82) is 0 Å². The minimum atomic E-state index is -0.879. The fourth-order valence-electron chi connectivity index (χ4n) is 2.59. The molecule has 5 nitrogen and oxygen atoms in total. The summed E-state index contributed by atoms with van der Waals surface area (Å²) >= 11 is 0. The molecular weight excluding hydrogens is 270 g/mol. The van der Waals surface area contributed by atoms with E-state index in [1.165, 1.54) is 0 Å². The van der Waals surface area contributed by atoms with Gasteiger partial charge in [0.05, 0.1) is 12.0 Å². The van der Waals surface area contributed by atoms with Crippen molar-refractivity contribution < 1.29 is 19.4 Å². The highest BCUT2D eigenvalue weighted by atomic mass is 16.5. The summed E-state index contributed by atoms with van der Waals surface area (Å²) in [4.78, 5) is 25.2. The number of carboxylic acid groups (broad SMARTS) is 1. The van der Waals surface area contributed by atoms with Crippen LogP contribution in [0.25, 0.3) is 0 Å². The van der Waals surface area contributed by atoms with E-state index in [4.69, 9.17) is 9.84 Å². The average Bonchev–Trinajstić information content (AvgIpc) is 2.92. The molecule has 1 aromatic rings. The third kappa shape index (κ3) is 3.62. The lowest BCUT2D eigenvalue weighted by Crippen LogP contribution is -2.37. The van der Waals surface area contributed by atoms with Crippen LogP contribution in [0, 0.1) is 0 Å². The van der Waals surface area contributed by atoms with Gasteiger partial charge in [-0.1, -0.05) is 24.8 Å². The number of hydrogen-bond acceptors (Lipinski definition) is 3. The van der Waals surface area contributed by atoms with Crippen molar-refractivity contribution in [2.24, 2.45) is 0 Å². The van der Waals surface area contributed by atoms with Gasteiger partial charge in [-0.15, -0.1) is 0 Å².